The zero-order valence-corrected chi connectivity index (χ0v) is 16.6. The van der Waals surface area contributed by atoms with Gasteiger partial charge in [0, 0.05) is 24.0 Å². The van der Waals surface area contributed by atoms with E-state index in [1.54, 1.807) is 29.6 Å². The smallest absolute Gasteiger partial charge is 0.270 e. The van der Waals surface area contributed by atoms with Crippen molar-refractivity contribution in [3.8, 4) is 5.75 Å². The van der Waals surface area contributed by atoms with Crippen molar-refractivity contribution >= 4 is 23.2 Å². The van der Waals surface area contributed by atoms with Gasteiger partial charge in [0.2, 0.25) is 0 Å². The van der Waals surface area contributed by atoms with Gasteiger partial charge in [-0.15, -0.1) is 11.3 Å². The summed E-state index contributed by atoms with van der Waals surface area (Å²) in [4.78, 5) is 28.4. The Labute approximate surface area is 171 Å². The second-order valence-corrected chi connectivity index (χ2v) is 7.17. The zero-order chi connectivity index (χ0) is 20.6. The molecule has 0 bridgehead atoms. The first-order chi connectivity index (χ1) is 14.0. The van der Waals surface area contributed by atoms with E-state index in [0.29, 0.717) is 17.1 Å². The van der Waals surface area contributed by atoms with Crippen molar-refractivity contribution in [3.05, 3.63) is 81.6 Å². The molecule has 150 valence electrons. The molecule has 8 heteroatoms. The van der Waals surface area contributed by atoms with Crippen LogP contribution >= 0.6 is 11.3 Å². The van der Waals surface area contributed by atoms with E-state index in [4.69, 9.17) is 4.74 Å². The van der Waals surface area contributed by atoms with Crippen molar-refractivity contribution in [1.82, 2.24) is 15.6 Å². The third-order valence-corrected chi connectivity index (χ3v) is 4.80. The van der Waals surface area contributed by atoms with Crippen molar-refractivity contribution in [3.63, 3.8) is 0 Å². The number of carbonyl (C=O) groups is 2. The molecule has 1 heterocycles. The number of benzene rings is 2. The van der Waals surface area contributed by atoms with Crippen LogP contribution in [0.2, 0.25) is 0 Å². The van der Waals surface area contributed by atoms with Crippen molar-refractivity contribution in [2.24, 2.45) is 0 Å². The van der Waals surface area contributed by atoms with Crippen LogP contribution in [-0.4, -0.2) is 29.9 Å². The van der Waals surface area contributed by atoms with E-state index in [2.05, 4.69) is 15.6 Å². The second kappa shape index (κ2) is 9.79. The second-order valence-electron chi connectivity index (χ2n) is 6.22. The van der Waals surface area contributed by atoms with E-state index in [1.165, 1.54) is 23.5 Å². The molecule has 2 amide bonds. The summed E-state index contributed by atoms with van der Waals surface area (Å²) < 4.78 is 18.9. The van der Waals surface area contributed by atoms with Crippen LogP contribution in [0.4, 0.5) is 4.39 Å². The van der Waals surface area contributed by atoms with E-state index in [1.807, 2.05) is 19.1 Å². The number of aryl methyl sites for hydroxylation is 1. The summed E-state index contributed by atoms with van der Waals surface area (Å²) in [6.07, 6.45) is 0. The summed E-state index contributed by atoms with van der Waals surface area (Å²) in [5, 5.41) is 7.62. The van der Waals surface area contributed by atoms with Gasteiger partial charge in [0.25, 0.3) is 11.8 Å². The van der Waals surface area contributed by atoms with Crippen molar-refractivity contribution in [2.75, 3.05) is 13.1 Å². The highest BCUT2D eigenvalue weighted by atomic mass is 32.1. The van der Waals surface area contributed by atoms with Crippen LogP contribution < -0.4 is 15.4 Å². The Morgan fingerprint density at radius 2 is 1.72 bits per heavy atom. The van der Waals surface area contributed by atoms with E-state index >= 15 is 0 Å². The number of hydrogen-bond donors (Lipinski definition) is 2. The molecule has 0 saturated carbocycles. The molecule has 6 nitrogen and oxygen atoms in total. The molecule has 0 spiro atoms. The van der Waals surface area contributed by atoms with Gasteiger partial charge in [0.05, 0.1) is 0 Å². The fraction of sp³-hybridized carbons (Fsp3) is 0.190. The van der Waals surface area contributed by atoms with Crippen LogP contribution in [0.3, 0.4) is 0 Å². The minimum Gasteiger partial charge on any atom is -0.483 e. The van der Waals surface area contributed by atoms with Gasteiger partial charge in [-0.3, -0.25) is 9.59 Å². The summed E-state index contributed by atoms with van der Waals surface area (Å²) >= 11 is 1.26. The first-order valence-corrected chi connectivity index (χ1v) is 9.85. The summed E-state index contributed by atoms with van der Waals surface area (Å²) in [5.74, 6) is -0.851. The molecule has 1 aromatic heterocycles. The van der Waals surface area contributed by atoms with Crippen LogP contribution in [0, 0.1) is 12.7 Å². The number of thiazole rings is 1. The van der Waals surface area contributed by atoms with E-state index in [0.717, 1.165) is 5.56 Å². The molecule has 0 unspecified atom stereocenters. The van der Waals surface area contributed by atoms with Gasteiger partial charge in [-0.05, 0) is 31.2 Å². The van der Waals surface area contributed by atoms with Crippen molar-refractivity contribution in [1.29, 1.82) is 0 Å². The van der Waals surface area contributed by atoms with Crippen molar-refractivity contribution in [2.45, 2.75) is 13.5 Å². The first-order valence-electron chi connectivity index (χ1n) is 8.98. The van der Waals surface area contributed by atoms with Crippen LogP contribution in [-0.2, 0) is 6.61 Å². The van der Waals surface area contributed by atoms with Gasteiger partial charge in [-0.25, -0.2) is 9.37 Å². The topological polar surface area (TPSA) is 80.3 Å². The molecule has 29 heavy (non-hydrogen) atoms. The Morgan fingerprint density at radius 1 is 1.03 bits per heavy atom. The summed E-state index contributed by atoms with van der Waals surface area (Å²) in [6, 6.07) is 13.3. The van der Waals surface area contributed by atoms with E-state index in [-0.39, 0.29) is 36.4 Å². The average Bonchev–Trinajstić information content (AvgIpc) is 3.20. The lowest BCUT2D eigenvalue weighted by molar-refractivity contribution is 0.0925. The lowest BCUT2D eigenvalue weighted by atomic mass is 10.1. The molecule has 2 aromatic carbocycles. The zero-order valence-electron chi connectivity index (χ0n) is 15.8. The maximum Gasteiger partial charge on any atom is 0.270 e. The molecule has 0 aliphatic rings. The Hall–Kier alpha value is -3.26. The number of nitrogens with one attached hydrogen (secondary N) is 2. The standard InChI is InChI=1S/C21H20FN3O3S/c1-14-6-8-15(9-7-14)20(26)23-10-11-24-21(27)17-13-29-19(25-17)12-28-18-5-3-2-4-16(18)22/h2-9,13H,10-12H2,1H3,(H,23,26)(H,24,27). The highest BCUT2D eigenvalue weighted by Gasteiger charge is 2.12. The largest absolute Gasteiger partial charge is 0.483 e. The Morgan fingerprint density at radius 3 is 2.45 bits per heavy atom. The fourth-order valence-corrected chi connectivity index (χ4v) is 3.12. The maximum absolute atomic E-state index is 13.5. The van der Waals surface area contributed by atoms with Gasteiger partial charge >= 0.3 is 0 Å². The number of carbonyl (C=O) groups excluding carboxylic acids is 2. The van der Waals surface area contributed by atoms with Crippen molar-refractivity contribution < 1.29 is 18.7 Å². The van der Waals surface area contributed by atoms with Crippen LogP contribution in [0.1, 0.15) is 31.4 Å². The van der Waals surface area contributed by atoms with Gasteiger partial charge in [-0.1, -0.05) is 29.8 Å². The average molecular weight is 413 g/mol. The SMILES string of the molecule is Cc1ccc(C(=O)NCCNC(=O)c2csc(COc3ccccc3F)n2)cc1. The quantitative estimate of drug-likeness (QED) is 0.555. The predicted molar refractivity (Wildman–Crippen MR) is 109 cm³/mol. The molecule has 2 N–H and O–H groups in total. The summed E-state index contributed by atoms with van der Waals surface area (Å²) in [6.45, 7) is 2.60. The van der Waals surface area contributed by atoms with E-state index in [9.17, 15) is 14.0 Å². The number of hydrogen-bond acceptors (Lipinski definition) is 5. The molecule has 0 fully saturated rings. The molecule has 3 rings (SSSR count). The molecule has 0 aliphatic carbocycles. The predicted octanol–water partition coefficient (Wildman–Crippen LogP) is 3.33. The summed E-state index contributed by atoms with van der Waals surface area (Å²) in [5.41, 5.74) is 1.91. The number of nitrogens with zero attached hydrogens (tertiary/aromatic N) is 1. The number of amides is 2. The number of halogens is 1. The maximum atomic E-state index is 13.5. The molecule has 0 saturated heterocycles. The van der Waals surface area contributed by atoms with Gasteiger partial charge < -0.3 is 15.4 Å². The minimum atomic E-state index is -0.449. The lowest BCUT2D eigenvalue weighted by Crippen LogP contribution is -2.34. The monoisotopic (exact) mass is 413 g/mol. The Balaban J connectivity index is 1.41. The Bertz CT molecular complexity index is 989. The highest BCUT2D eigenvalue weighted by molar-refractivity contribution is 7.09. The first kappa shape index (κ1) is 20.5. The molecule has 0 atom stereocenters. The molecular formula is C21H20FN3O3S. The highest BCUT2D eigenvalue weighted by Crippen LogP contribution is 2.18. The fourth-order valence-electron chi connectivity index (χ4n) is 2.43. The third-order valence-electron chi connectivity index (χ3n) is 3.98. The van der Waals surface area contributed by atoms with Gasteiger partial charge in [0.15, 0.2) is 11.6 Å². The van der Waals surface area contributed by atoms with Crippen LogP contribution in [0.5, 0.6) is 5.75 Å². The Kier molecular flexibility index (Phi) is 6.91. The third kappa shape index (κ3) is 5.86. The molecular weight excluding hydrogens is 393 g/mol. The molecule has 0 aliphatic heterocycles. The number of ether oxygens (including phenoxy) is 1. The van der Waals surface area contributed by atoms with Gasteiger partial charge in [0.1, 0.15) is 17.3 Å². The number of rotatable bonds is 8. The summed E-state index contributed by atoms with van der Waals surface area (Å²) in [7, 11) is 0. The number of aromatic nitrogens is 1. The van der Waals surface area contributed by atoms with Gasteiger partial charge in [-0.2, -0.15) is 0 Å². The minimum absolute atomic E-state index is 0.0749. The van der Waals surface area contributed by atoms with Crippen LogP contribution in [0.25, 0.3) is 0 Å². The lowest BCUT2D eigenvalue weighted by Gasteiger charge is -2.06. The molecule has 3 aromatic rings. The normalized spacial score (nSPS) is 10.4. The molecule has 0 radical (unpaired) electrons. The van der Waals surface area contributed by atoms with Crippen LogP contribution in [0.15, 0.2) is 53.9 Å². The number of para-hydroxylation sites is 1. The van der Waals surface area contributed by atoms with E-state index < -0.39 is 5.82 Å².